The smallest absolute Gasteiger partial charge is 0.137 e. The lowest BCUT2D eigenvalue weighted by Gasteiger charge is -2.25. The zero-order valence-electron chi connectivity index (χ0n) is 23.9. The van der Waals surface area contributed by atoms with Crippen LogP contribution in [0.3, 0.4) is 0 Å². The molecule has 0 aliphatic rings. The summed E-state index contributed by atoms with van der Waals surface area (Å²) in [5.74, 6) is 0. The maximum Gasteiger partial charge on any atom is 0.137 e. The molecule has 2 nitrogen and oxygen atoms in total. The maximum atomic E-state index is 6.27. The molecule has 0 atom stereocenters. The van der Waals surface area contributed by atoms with Gasteiger partial charge in [0.2, 0.25) is 0 Å². The Bertz CT molecular complexity index is 2490. The largest absolute Gasteiger partial charge is 0.456 e. The lowest BCUT2D eigenvalue weighted by atomic mass is 9.91. The topological polar surface area (TPSA) is 16.4 Å². The average Bonchev–Trinajstić information content (AvgIpc) is 3.47. The fraction of sp³-hybridized carbons (Fsp3) is 0. The minimum absolute atomic E-state index is 0.885. The summed E-state index contributed by atoms with van der Waals surface area (Å²) in [6, 6.07) is 58.5. The lowest BCUT2D eigenvalue weighted by molar-refractivity contribution is 0.669. The molecule has 0 bridgehead atoms. The van der Waals surface area contributed by atoms with Crippen LogP contribution in [0.4, 0.5) is 17.1 Å². The summed E-state index contributed by atoms with van der Waals surface area (Å²) < 4.78 is 6.27. The number of fused-ring (bicyclic) bond motifs is 8. The molecule has 0 aliphatic carbocycles. The summed E-state index contributed by atoms with van der Waals surface area (Å²) in [7, 11) is 0. The summed E-state index contributed by atoms with van der Waals surface area (Å²) >= 11 is 0. The zero-order chi connectivity index (χ0) is 29.0. The van der Waals surface area contributed by atoms with E-state index in [-0.39, 0.29) is 0 Å². The molecule has 1 heterocycles. The van der Waals surface area contributed by atoms with Gasteiger partial charge in [-0.15, -0.1) is 0 Å². The van der Waals surface area contributed by atoms with E-state index in [0.29, 0.717) is 0 Å². The van der Waals surface area contributed by atoms with E-state index >= 15 is 0 Å². The van der Waals surface area contributed by atoms with Crippen molar-refractivity contribution in [3.05, 3.63) is 164 Å². The van der Waals surface area contributed by atoms with E-state index in [0.717, 1.165) is 39.0 Å². The molecule has 0 saturated heterocycles. The molecule has 9 aromatic rings. The monoisotopic (exact) mass is 561 g/mol. The van der Waals surface area contributed by atoms with Gasteiger partial charge in [-0.05, 0) is 92.0 Å². The minimum atomic E-state index is 0.885. The van der Waals surface area contributed by atoms with Crippen molar-refractivity contribution in [1.82, 2.24) is 0 Å². The van der Waals surface area contributed by atoms with Crippen LogP contribution >= 0.6 is 0 Å². The molecule has 9 rings (SSSR count). The third-order valence-corrected chi connectivity index (χ3v) is 8.84. The summed E-state index contributed by atoms with van der Waals surface area (Å²) in [5, 5.41) is 9.92. The molecule has 0 unspecified atom stereocenters. The first kappa shape index (κ1) is 24.7. The summed E-state index contributed by atoms with van der Waals surface area (Å²) in [6.45, 7) is 0. The first-order valence-corrected chi connectivity index (χ1v) is 15.0. The third-order valence-electron chi connectivity index (χ3n) is 8.84. The highest BCUT2D eigenvalue weighted by molar-refractivity contribution is 6.21. The van der Waals surface area contributed by atoms with Crippen molar-refractivity contribution in [2.45, 2.75) is 0 Å². The van der Waals surface area contributed by atoms with Crippen molar-refractivity contribution in [3.8, 4) is 11.1 Å². The molecule has 206 valence electrons. The van der Waals surface area contributed by atoms with Gasteiger partial charge < -0.3 is 9.32 Å². The van der Waals surface area contributed by atoms with Crippen LogP contribution in [-0.2, 0) is 0 Å². The van der Waals surface area contributed by atoms with E-state index in [1.165, 1.54) is 43.4 Å². The number of furan rings is 1. The van der Waals surface area contributed by atoms with Gasteiger partial charge in [0.25, 0.3) is 0 Å². The van der Waals surface area contributed by atoms with Crippen molar-refractivity contribution in [2.24, 2.45) is 0 Å². The van der Waals surface area contributed by atoms with Crippen molar-refractivity contribution in [3.63, 3.8) is 0 Å². The molecule has 0 spiro atoms. The minimum Gasteiger partial charge on any atom is -0.456 e. The second-order valence-corrected chi connectivity index (χ2v) is 11.3. The van der Waals surface area contributed by atoms with Crippen LogP contribution in [0.25, 0.3) is 65.4 Å². The number of para-hydroxylation sites is 2. The zero-order valence-corrected chi connectivity index (χ0v) is 23.9. The molecule has 1 aromatic heterocycles. The fourth-order valence-corrected chi connectivity index (χ4v) is 6.77. The summed E-state index contributed by atoms with van der Waals surface area (Å²) in [4.78, 5) is 2.29. The highest BCUT2D eigenvalue weighted by Gasteiger charge is 2.16. The number of anilines is 3. The van der Waals surface area contributed by atoms with Crippen molar-refractivity contribution in [1.29, 1.82) is 0 Å². The number of hydrogen-bond acceptors (Lipinski definition) is 2. The third kappa shape index (κ3) is 3.89. The Hall–Kier alpha value is -5.86. The Morgan fingerprint density at radius 1 is 0.341 bits per heavy atom. The second kappa shape index (κ2) is 9.86. The maximum absolute atomic E-state index is 6.27. The average molecular weight is 562 g/mol. The molecular formula is C42H27NO. The van der Waals surface area contributed by atoms with Gasteiger partial charge in [0, 0.05) is 33.9 Å². The van der Waals surface area contributed by atoms with Crippen LogP contribution < -0.4 is 4.90 Å². The van der Waals surface area contributed by atoms with Gasteiger partial charge in [0.15, 0.2) is 0 Å². The molecule has 2 heteroatoms. The van der Waals surface area contributed by atoms with Crippen molar-refractivity contribution < 1.29 is 4.42 Å². The number of hydrogen-bond donors (Lipinski definition) is 0. The molecule has 0 fully saturated rings. The lowest BCUT2D eigenvalue weighted by Crippen LogP contribution is -2.09. The first-order chi connectivity index (χ1) is 21.8. The first-order valence-electron chi connectivity index (χ1n) is 15.0. The van der Waals surface area contributed by atoms with E-state index in [1.807, 2.05) is 12.1 Å². The predicted octanol–water partition coefficient (Wildman–Crippen LogP) is 12.2. The van der Waals surface area contributed by atoms with Crippen molar-refractivity contribution >= 4 is 71.3 Å². The van der Waals surface area contributed by atoms with Crippen LogP contribution in [0.15, 0.2) is 168 Å². The van der Waals surface area contributed by atoms with E-state index in [2.05, 4.69) is 157 Å². The number of benzene rings is 8. The quantitative estimate of drug-likeness (QED) is 0.199. The molecular weight excluding hydrogens is 534 g/mol. The SMILES string of the molecule is c1ccc(N(c2ccc(-c3cc4c5ccccc5ccc4c4ccccc34)cc2)c2ccc3c(c2)oc2ccccc23)cc1. The van der Waals surface area contributed by atoms with E-state index < -0.39 is 0 Å². The van der Waals surface area contributed by atoms with E-state index in [1.54, 1.807) is 0 Å². The molecule has 0 N–H and O–H groups in total. The molecule has 0 amide bonds. The second-order valence-electron chi connectivity index (χ2n) is 11.3. The number of nitrogens with zero attached hydrogens (tertiary/aromatic N) is 1. The van der Waals surface area contributed by atoms with Gasteiger partial charge in [-0.25, -0.2) is 0 Å². The van der Waals surface area contributed by atoms with Crippen LogP contribution in [0.1, 0.15) is 0 Å². The Kier molecular flexibility index (Phi) is 5.54. The Morgan fingerprint density at radius 3 is 1.77 bits per heavy atom. The molecule has 0 aliphatic heterocycles. The highest BCUT2D eigenvalue weighted by atomic mass is 16.3. The molecule has 8 aromatic carbocycles. The van der Waals surface area contributed by atoms with Gasteiger partial charge in [-0.2, -0.15) is 0 Å². The highest BCUT2D eigenvalue weighted by Crippen LogP contribution is 2.41. The van der Waals surface area contributed by atoms with Crippen LogP contribution in [0, 0.1) is 0 Å². The molecule has 0 radical (unpaired) electrons. The van der Waals surface area contributed by atoms with Gasteiger partial charge in [0.05, 0.1) is 0 Å². The van der Waals surface area contributed by atoms with Crippen molar-refractivity contribution in [2.75, 3.05) is 4.90 Å². The van der Waals surface area contributed by atoms with Gasteiger partial charge in [0.1, 0.15) is 11.2 Å². The van der Waals surface area contributed by atoms with Gasteiger partial charge in [-0.1, -0.05) is 109 Å². The summed E-state index contributed by atoms with van der Waals surface area (Å²) in [5.41, 5.74) is 7.47. The van der Waals surface area contributed by atoms with Crippen LogP contribution in [-0.4, -0.2) is 0 Å². The molecule has 44 heavy (non-hydrogen) atoms. The fourth-order valence-electron chi connectivity index (χ4n) is 6.77. The van der Waals surface area contributed by atoms with Crippen LogP contribution in [0.2, 0.25) is 0 Å². The van der Waals surface area contributed by atoms with Gasteiger partial charge >= 0.3 is 0 Å². The van der Waals surface area contributed by atoms with E-state index in [4.69, 9.17) is 4.42 Å². The Labute approximate surface area is 255 Å². The van der Waals surface area contributed by atoms with E-state index in [9.17, 15) is 0 Å². The normalized spacial score (nSPS) is 11.6. The summed E-state index contributed by atoms with van der Waals surface area (Å²) in [6.07, 6.45) is 0. The van der Waals surface area contributed by atoms with Gasteiger partial charge in [-0.3, -0.25) is 0 Å². The Morgan fingerprint density at radius 2 is 0.932 bits per heavy atom. The number of rotatable bonds is 4. The molecule has 0 saturated carbocycles. The Balaban J connectivity index is 1.20. The standard InChI is InChI=1S/C42H27NO/c1-2-11-30(12-3-1)43(32-23-25-38-37-16-8-9-17-41(37)44-42(38)26-32)31-21-18-29(19-22-31)39-27-40-33-13-5-4-10-28(33)20-24-36(40)34-14-6-7-15-35(34)39/h1-27H. The predicted molar refractivity (Wildman–Crippen MR) is 186 cm³/mol. The van der Waals surface area contributed by atoms with Crippen LogP contribution in [0.5, 0.6) is 0 Å².